The first-order chi connectivity index (χ1) is 13.8. The van der Waals surface area contributed by atoms with Gasteiger partial charge in [0.1, 0.15) is 10.7 Å². The van der Waals surface area contributed by atoms with Crippen LogP contribution in [0.5, 0.6) is 0 Å². The molecule has 0 radical (unpaired) electrons. The van der Waals surface area contributed by atoms with E-state index in [9.17, 15) is 19.7 Å². The van der Waals surface area contributed by atoms with Crippen molar-refractivity contribution in [2.75, 3.05) is 11.9 Å². The number of carbonyl (C=O) groups excluding carboxylic acids is 2. The Labute approximate surface area is 170 Å². The highest BCUT2D eigenvalue weighted by Gasteiger charge is 2.19. The zero-order valence-corrected chi connectivity index (χ0v) is 16.5. The highest BCUT2D eigenvalue weighted by molar-refractivity contribution is 7.13. The van der Waals surface area contributed by atoms with Crippen molar-refractivity contribution in [1.82, 2.24) is 4.98 Å². The molecule has 0 aliphatic rings. The van der Waals surface area contributed by atoms with Crippen LogP contribution in [0.3, 0.4) is 0 Å². The smallest absolute Gasteiger partial charge is 0.358 e. The topological polar surface area (TPSA) is 111 Å². The van der Waals surface area contributed by atoms with Crippen molar-refractivity contribution in [3.05, 3.63) is 74.8 Å². The number of nitro benzene ring substituents is 1. The summed E-state index contributed by atoms with van der Waals surface area (Å²) < 4.78 is 4.99. The third-order valence-corrected chi connectivity index (χ3v) is 4.95. The van der Waals surface area contributed by atoms with Crippen LogP contribution in [0.4, 0.5) is 11.4 Å². The number of aryl methyl sites for hydroxylation is 2. The van der Waals surface area contributed by atoms with Crippen molar-refractivity contribution in [2.24, 2.45) is 0 Å². The van der Waals surface area contributed by atoms with Crippen molar-refractivity contribution < 1.29 is 19.2 Å². The molecule has 9 heteroatoms. The average Bonchev–Trinajstić information content (AvgIpc) is 3.18. The van der Waals surface area contributed by atoms with E-state index in [0.29, 0.717) is 10.6 Å². The summed E-state index contributed by atoms with van der Waals surface area (Å²) in [5.41, 5.74) is 2.47. The quantitative estimate of drug-likeness (QED) is 0.371. The van der Waals surface area contributed by atoms with Crippen LogP contribution in [-0.2, 0) is 9.53 Å². The molecule has 1 heterocycles. The summed E-state index contributed by atoms with van der Waals surface area (Å²) in [6.07, 6.45) is 0. The van der Waals surface area contributed by atoms with Crippen LogP contribution in [0.25, 0.3) is 10.6 Å². The number of thiazole rings is 1. The van der Waals surface area contributed by atoms with E-state index in [1.807, 2.05) is 31.2 Å². The van der Waals surface area contributed by atoms with Gasteiger partial charge in [-0.3, -0.25) is 14.9 Å². The van der Waals surface area contributed by atoms with Crippen molar-refractivity contribution in [2.45, 2.75) is 13.8 Å². The lowest BCUT2D eigenvalue weighted by molar-refractivity contribution is -0.384. The molecule has 0 spiro atoms. The van der Waals surface area contributed by atoms with Crippen LogP contribution >= 0.6 is 11.3 Å². The van der Waals surface area contributed by atoms with Crippen molar-refractivity contribution in [3.8, 4) is 10.6 Å². The molecule has 0 fully saturated rings. The minimum atomic E-state index is -0.742. The Morgan fingerprint density at radius 1 is 1.17 bits per heavy atom. The van der Waals surface area contributed by atoms with E-state index in [-0.39, 0.29) is 17.1 Å². The molecule has 0 atom stereocenters. The number of esters is 1. The summed E-state index contributed by atoms with van der Waals surface area (Å²) in [4.78, 5) is 39.0. The van der Waals surface area contributed by atoms with E-state index in [1.165, 1.54) is 23.5 Å². The molecule has 1 aromatic heterocycles. The molecule has 148 valence electrons. The van der Waals surface area contributed by atoms with Crippen molar-refractivity contribution >= 4 is 34.6 Å². The third kappa shape index (κ3) is 4.82. The molecular formula is C20H17N3O5S. The molecule has 2 aromatic carbocycles. The Morgan fingerprint density at radius 2 is 1.90 bits per heavy atom. The van der Waals surface area contributed by atoms with Crippen LogP contribution in [0.2, 0.25) is 0 Å². The van der Waals surface area contributed by atoms with E-state index < -0.39 is 23.4 Å². The number of hydrogen-bond acceptors (Lipinski definition) is 7. The summed E-state index contributed by atoms with van der Waals surface area (Å²) in [5, 5.41) is 15.8. The Hall–Kier alpha value is -3.59. The van der Waals surface area contributed by atoms with E-state index in [4.69, 9.17) is 4.74 Å². The van der Waals surface area contributed by atoms with E-state index in [1.54, 1.807) is 18.4 Å². The molecule has 0 unspecified atom stereocenters. The van der Waals surface area contributed by atoms with Gasteiger partial charge in [0.15, 0.2) is 12.3 Å². The Kier molecular flexibility index (Phi) is 5.99. The second-order valence-corrected chi connectivity index (χ2v) is 7.11. The summed E-state index contributed by atoms with van der Waals surface area (Å²) in [6, 6.07) is 12.2. The van der Waals surface area contributed by atoms with Crippen LogP contribution in [0, 0.1) is 24.0 Å². The maximum atomic E-state index is 12.2. The van der Waals surface area contributed by atoms with Crippen LogP contribution in [0.1, 0.15) is 21.6 Å². The number of nitro groups is 1. The van der Waals surface area contributed by atoms with Crippen LogP contribution in [-0.4, -0.2) is 28.4 Å². The van der Waals surface area contributed by atoms with Crippen molar-refractivity contribution in [1.29, 1.82) is 0 Å². The van der Waals surface area contributed by atoms with Gasteiger partial charge in [-0.2, -0.15) is 0 Å². The molecule has 29 heavy (non-hydrogen) atoms. The van der Waals surface area contributed by atoms with Crippen molar-refractivity contribution in [3.63, 3.8) is 0 Å². The second-order valence-electron chi connectivity index (χ2n) is 6.25. The predicted octanol–water partition coefficient (Wildman–Crippen LogP) is 4.13. The normalized spacial score (nSPS) is 10.4. The van der Waals surface area contributed by atoms with Gasteiger partial charge in [-0.05, 0) is 19.4 Å². The number of benzene rings is 2. The first kappa shape index (κ1) is 20.2. The van der Waals surface area contributed by atoms with Gasteiger partial charge in [0.05, 0.1) is 4.92 Å². The van der Waals surface area contributed by atoms with Crippen LogP contribution < -0.4 is 5.32 Å². The minimum Gasteiger partial charge on any atom is -0.451 e. The Morgan fingerprint density at radius 3 is 2.59 bits per heavy atom. The fraction of sp³-hybridized carbons (Fsp3) is 0.150. The number of anilines is 1. The largest absolute Gasteiger partial charge is 0.451 e. The molecule has 0 aliphatic carbocycles. The number of nitrogens with one attached hydrogen (secondary N) is 1. The second kappa shape index (κ2) is 8.61. The van der Waals surface area contributed by atoms with Gasteiger partial charge >= 0.3 is 5.97 Å². The first-order valence-corrected chi connectivity index (χ1v) is 9.46. The number of ether oxygens (including phenoxy) is 1. The third-order valence-electron chi connectivity index (χ3n) is 4.06. The van der Waals surface area contributed by atoms with Gasteiger partial charge < -0.3 is 10.1 Å². The lowest BCUT2D eigenvalue weighted by Crippen LogP contribution is -2.22. The van der Waals surface area contributed by atoms with Gasteiger partial charge in [-0.1, -0.05) is 42.0 Å². The van der Waals surface area contributed by atoms with Gasteiger partial charge in [-0.25, -0.2) is 9.78 Å². The highest BCUT2D eigenvalue weighted by atomic mass is 32.1. The first-order valence-electron chi connectivity index (χ1n) is 8.58. The lowest BCUT2D eigenvalue weighted by atomic mass is 10.1. The number of rotatable bonds is 6. The molecule has 0 aliphatic heterocycles. The number of hydrogen-bond donors (Lipinski definition) is 1. The zero-order valence-electron chi connectivity index (χ0n) is 15.7. The number of aromatic nitrogens is 1. The van der Waals surface area contributed by atoms with E-state index in [2.05, 4.69) is 10.3 Å². The molecule has 8 nitrogen and oxygen atoms in total. The number of carbonyl (C=O) groups is 2. The summed E-state index contributed by atoms with van der Waals surface area (Å²) in [7, 11) is 0. The molecule has 3 aromatic rings. The number of nitrogens with zero attached hydrogens (tertiary/aromatic N) is 2. The maximum absolute atomic E-state index is 12.2. The van der Waals surface area contributed by atoms with E-state index in [0.717, 1.165) is 11.1 Å². The zero-order chi connectivity index (χ0) is 21.0. The number of amides is 1. The van der Waals surface area contributed by atoms with Gasteiger partial charge in [0.2, 0.25) is 0 Å². The maximum Gasteiger partial charge on any atom is 0.358 e. The molecule has 0 saturated carbocycles. The Bertz CT molecular complexity index is 1080. The Balaban J connectivity index is 1.62. The summed E-state index contributed by atoms with van der Waals surface area (Å²) in [6.45, 7) is 3.03. The van der Waals surface area contributed by atoms with Gasteiger partial charge in [0.25, 0.3) is 11.6 Å². The minimum absolute atomic E-state index is 0.0777. The van der Waals surface area contributed by atoms with E-state index >= 15 is 0 Å². The van der Waals surface area contributed by atoms with Crippen LogP contribution in [0.15, 0.2) is 47.8 Å². The fourth-order valence-electron chi connectivity index (χ4n) is 2.54. The highest BCUT2D eigenvalue weighted by Crippen LogP contribution is 2.27. The molecule has 1 N–H and O–H groups in total. The SMILES string of the molecule is Cc1ccc(-c2nc(C(=O)OCC(=O)Nc3c(C)cccc3[N+](=O)[O-])cs2)cc1. The standard InChI is InChI=1S/C20H17N3O5S/c1-12-6-8-14(9-7-12)19-21-15(11-29-19)20(25)28-10-17(24)22-18-13(2)4-3-5-16(18)23(26)27/h3-9,11H,10H2,1-2H3,(H,22,24). The van der Waals surface area contributed by atoms with Gasteiger partial charge in [0, 0.05) is 17.0 Å². The average molecular weight is 411 g/mol. The molecule has 0 saturated heterocycles. The fourth-order valence-corrected chi connectivity index (χ4v) is 3.34. The summed E-state index contributed by atoms with van der Waals surface area (Å²) in [5.74, 6) is -1.42. The molecule has 3 rings (SSSR count). The lowest BCUT2D eigenvalue weighted by Gasteiger charge is -2.09. The summed E-state index contributed by atoms with van der Waals surface area (Å²) >= 11 is 1.29. The van der Waals surface area contributed by atoms with Gasteiger partial charge in [-0.15, -0.1) is 11.3 Å². The predicted molar refractivity (Wildman–Crippen MR) is 109 cm³/mol. The molecule has 1 amide bonds. The molecular weight excluding hydrogens is 394 g/mol. The number of para-hydroxylation sites is 1. The molecule has 0 bridgehead atoms. The monoisotopic (exact) mass is 411 g/mol.